The van der Waals surface area contributed by atoms with E-state index in [4.69, 9.17) is 0 Å². The minimum absolute atomic E-state index is 0.0724. The van der Waals surface area contributed by atoms with Gasteiger partial charge in [0.25, 0.3) is 5.69 Å². The molecule has 0 N–H and O–H groups in total. The Hall–Kier alpha value is -2.98. The summed E-state index contributed by atoms with van der Waals surface area (Å²) in [5.41, 5.74) is 2.56. The number of anilines is 1. The van der Waals surface area contributed by atoms with E-state index >= 15 is 0 Å². The number of nitro benzene ring substituents is 1. The van der Waals surface area contributed by atoms with Gasteiger partial charge in [-0.1, -0.05) is 12.1 Å². The quantitative estimate of drug-likeness (QED) is 0.365. The summed E-state index contributed by atoms with van der Waals surface area (Å²) in [6, 6.07) is 13.6. The van der Waals surface area contributed by atoms with Gasteiger partial charge in [0, 0.05) is 31.4 Å². The standard InChI is InChI=1S/C15H13N3O3/c1-17(14-6-8-15(9-7-14)18(20)21)10-12-2-4-13(5-3-12)16-11-19/h2-9H,10H2,1H3. The Morgan fingerprint density at radius 1 is 1.14 bits per heavy atom. The van der Waals surface area contributed by atoms with Crippen LogP contribution in [0.4, 0.5) is 17.1 Å². The maximum atomic E-state index is 10.6. The predicted octanol–water partition coefficient (Wildman–Crippen LogP) is 3.20. The third-order valence-corrected chi connectivity index (χ3v) is 3.03. The Kier molecular flexibility index (Phi) is 4.43. The average molecular weight is 283 g/mol. The van der Waals surface area contributed by atoms with Crippen molar-refractivity contribution >= 4 is 23.1 Å². The molecule has 0 amide bonds. The van der Waals surface area contributed by atoms with Crippen LogP contribution < -0.4 is 4.90 Å². The van der Waals surface area contributed by atoms with Gasteiger partial charge in [-0.3, -0.25) is 10.1 Å². The molecular formula is C15H13N3O3. The third-order valence-electron chi connectivity index (χ3n) is 3.03. The number of non-ortho nitro benzene ring substituents is 1. The molecule has 21 heavy (non-hydrogen) atoms. The van der Waals surface area contributed by atoms with Gasteiger partial charge in [-0.25, -0.2) is 4.79 Å². The van der Waals surface area contributed by atoms with E-state index in [-0.39, 0.29) is 5.69 Å². The van der Waals surface area contributed by atoms with Gasteiger partial charge in [-0.05, 0) is 29.8 Å². The van der Waals surface area contributed by atoms with E-state index in [1.165, 1.54) is 18.2 Å². The van der Waals surface area contributed by atoms with Gasteiger partial charge in [0.2, 0.25) is 6.08 Å². The average Bonchev–Trinajstić information content (AvgIpc) is 2.49. The predicted molar refractivity (Wildman–Crippen MR) is 79.4 cm³/mol. The maximum Gasteiger partial charge on any atom is 0.269 e. The fourth-order valence-electron chi connectivity index (χ4n) is 1.92. The molecule has 6 nitrogen and oxygen atoms in total. The van der Waals surface area contributed by atoms with Gasteiger partial charge in [0.15, 0.2) is 0 Å². The molecule has 2 aromatic rings. The fourth-order valence-corrected chi connectivity index (χ4v) is 1.92. The summed E-state index contributed by atoms with van der Waals surface area (Å²) >= 11 is 0. The van der Waals surface area contributed by atoms with Crippen LogP contribution in [-0.2, 0) is 11.3 Å². The number of hydrogen-bond acceptors (Lipinski definition) is 5. The lowest BCUT2D eigenvalue weighted by Gasteiger charge is -2.19. The van der Waals surface area contributed by atoms with Crippen LogP contribution in [0.25, 0.3) is 0 Å². The largest absolute Gasteiger partial charge is 0.370 e. The normalized spacial score (nSPS) is 9.76. The van der Waals surface area contributed by atoms with Crippen molar-refractivity contribution in [2.24, 2.45) is 4.99 Å². The monoisotopic (exact) mass is 283 g/mol. The second-order valence-corrected chi connectivity index (χ2v) is 4.50. The molecule has 0 aliphatic rings. The topological polar surface area (TPSA) is 75.8 Å². The molecule has 0 aromatic heterocycles. The zero-order valence-corrected chi connectivity index (χ0v) is 11.4. The Morgan fingerprint density at radius 2 is 1.76 bits per heavy atom. The second kappa shape index (κ2) is 6.45. The van der Waals surface area contributed by atoms with E-state index in [9.17, 15) is 14.9 Å². The van der Waals surface area contributed by atoms with Crippen molar-refractivity contribution in [1.82, 2.24) is 0 Å². The second-order valence-electron chi connectivity index (χ2n) is 4.50. The highest BCUT2D eigenvalue weighted by Crippen LogP contribution is 2.20. The lowest BCUT2D eigenvalue weighted by molar-refractivity contribution is -0.384. The van der Waals surface area contributed by atoms with E-state index < -0.39 is 4.92 Å². The summed E-state index contributed by atoms with van der Waals surface area (Å²) in [6.45, 7) is 0.642. The minimum Gasteiger partial charge on any atom is -0.370 e. The van der Waals surface area contributed by atoms with Crippen LogP contribution >= 0.6 is 0 Å². The summed E-state index contributed by atoms with van der Waals surface area (Å²) in [6.07, 6.45) is 1.49. The molecule has 2 aromatic carbocycles. The van der Waals surface area contributed by atoms with E-state index in [1.54, 1.807) is 24.3 Å². The SMILES string of the molecule is CN(Cc1ccc(N=C=O)cc1)c1ccc([N+](=O)[O-])cc1. The lowest BCUT2D eigenvalue weighted by atomic mass is 10.2. The van der Waals surface area contributed by atoms with Gasteiger partial charge in [0.05, 0.1) is 10.6 Å². The van der Waals surface area contributed by atoms with Crippen LogP contribution in [0, 0.1) is 10.1 Å². The summed E-state index contributed by atoms with van der Waals surface area (Å²) in [5, 5.41) is 10.6. The zero-order valence-electron chi connectivity index (χ0n) is 11.4. The molecule has 0 bridgehead atoms. The molecule has 0 fully saturated rings. The van der Waals surface area contributed by atoms with E-state index in [0.29, 0.717) is 12.2 Å². The van der Waals surface area contributed by atoms with Crippen molar-refractivity contribution < 1.29 is 9.72 Å². The third kappa shape index (κ3) is 3.75. The van der Waals surface area contributed by atoms with Gasteiger partial charge in [-0.15, -0.1) is 0 Å². The number of carbonyl (C=O) groups excluding carboxylic acids is 1. The lowest BCUT2D eigenvalue weighted by Crippen LogP contribution is -2.16. The molecule has 0 saturated heterocycles. The van der Waals surface area contributed by atoms with Crippen molar-refractivity contribution in [2.45, 2.75) is 6.54 Å². The molecule has 0 unspecified atom stereocenters. The molecule has 0 saturated carbocycles. The van der Waals surface area contributed by atoms with Crippen molar-refractivity contribution in [2.75, 3.05) is 11.9 Å². The van der Waals surface area contributed by atoms with Crippen molar-refractivity contribution in [3.63, 3.8) is 0 Å². The molecule has 0 aliphatic carbocycles. The van der Waals surface area contributed by atoms with Crippen LogP contribution in [0.3, 0.4) is 0 Å². The number of aliphatic imine (C=N–C) groups is 1. The van der Waals surface area contributed by atoms with Gasteiger partial charge >= 0.3 is 0 Å². The number of benzene rings is 2. The van der Waals surface area contributed by atoms with Crippen molar-refractivity contribution in [1.29, 1.82) is 0 Å². The number of rotatable bonds is 5. The van der Waals surface area contributed by atoms with Crippen LogP contribution in [-0.4, -0.2) is 18.1 Å². The Balaban J connectivity index is 2.08. The van der Waals surface area contributed by atoms with E-state index in [1.807, 2.05) is 24.1 Å². The molecule has 0 spiro atoms. The number of hydrogen-bond donors (Lipinski definition) is 0. The molecule has 2 rings (SSSR count). The molecule has 0 aliphatic heterocycles. The zero-order chi connectivity index (χ0) is 15.2. The smallest absolute Gasteiger partial charge is 0.269 e. The van der Waals surface area contributed by atoms with Crippen LogP contribution in [0.15, 0.2) is 53.5 Å². The Labute approximate surface area is 121 Å². The Morgan fingerprint density at radius 3 is 2.29 bits per heavy atom. The molecule has 106 valence electrons. The maximum absolute atomic E-state index is 10.6. The first-order valence-electron chi connectivity index (χ1n) is 6.22. The van der Waals surface area contributed by atoms with Crippen molar-refractivity contribution in [3.8, 4) is 0 Å². The highest BCUT2D eigenvalue weighted by atomic mass is 16.6. The van der Waals surface area contributed by atoms with Crippen LogP contribution in [0.2, 0.25) is 0 Å². The molecular weight excluding hydrogens is 270 g/mol. The van der Waals surface area contributed by atoms with E-state index in [0.717, 1.165) is 11.3 Å². The summed E-state index contributed by atoms with van der Waals surface area (Å²) in [5.74, 6) is 0. The van der Waals surface area contributed by atoms with Gasteiger partial charge in [-0.2, -0.15) is 4.99 Å². The first kappa shape index (κ1) is 14.4. The Bertz CT molecular complexity index is 674. The van der Waals surface area contributed by atoms with Crippen molar-refractivity contribution in [3.05, 3.63) is 64.2 Å². The molecule has 6 heteroatoms. The highest BCUT2D eigenvalue weighted by molar-refractivity contribution is 5.52. The van der Waals surface area contributed by atoms with Crippen LogP contribution in [0.1, 0.15) is 5.56 Å². The van der Waals surface area contributed by atoms with Crippen LogP contribution in [0.5, 0.6) is 0 Å². The minimum atomic E-state index is -0.421. The summed E-state index contributed by atoms with van der Waals surface area (Å²) in [7, 11) is 1.90. The summed E-state index contributed by atoms with van der Waals surface area (Å²) in [4.78, 5) is 25.8. The first-order valence-corrected chi connectivity index (χ1v) is 6.22. The molecule has 0 heterocycles. The highest BCUT2D eigenvalue weighted by Gasteiger charge is 2.07. The van der Waals surface area contributed by atoms with E-state index in [2.05, 4.69) is 4.99 Å². The fraction of sp³-hybridized carbons (Fsp3) is 0.133. The molecule has 0 radical (unpaired) electrons. The van der Waals surface area contributed by atoms with Gasteiger partial charge < -0.3 is 4.90 Å². The molecule has 0 atom stereocenters. The number of isocyanates is 1. The first-order chi connectivity index (χ1) is 10.1. The number of nitro groups is 1. The summed E-state index contributed by atoms with van der Waals surface area (Å²) < 4.78 is 0. The van der Waals surface area contributed by atoms with Gasteiger partial charge in [0.1, 0.15) is 0 Å². The number of nitrogens with zero attached hydrogens (tertiary/aromatic N) is 3.